The quantitative estimate of drug-likeness (QED) is 0.710. The Kier molecular flexibility index (Phi) is 4.58. The lowest BCUT2D eigenvalue weighted by molar-refractivity contribution is -0.113. The summed E-state index contributed by atoms with van der Waals surface area (Å²) in [6.07, 6.45) is 0.763. The van der Waals surface area contributed by atoms with Gasteiger partial charge in [0.25, 0.3) is 5.91 Å². The van der Waals surface area contributed by atoms with Crippen LogP contribution in [0.2, 0.25) is 0 Å². The zero-order valence-electron chi connectivity index (χ0n) is 15.1. The van der Waals surface area contributed by atoms with E-state index in [4.69, 9.17) is 0 Å². The van der Waals surface area contributed by atoms with Crippen molar-refractivity contribution < 1.29 is 9.59 Å². The third-order valence-corrected chi connectivity index (χ3v) is 5.74. The molecule has 1 aliphatic heterocycles. The van der Waals surface area contributed by atoms with Gasteiger partial charge in [-0.1, -0.05) is 25.1 Å². The first-order valence-electron chi connectivity index (χ1n) is 8.83. The second-order valence-corrected chi connectivity index (χ2v) is 7.45. The number of rotatable bonds is 3. The molecular formula is C21H19N3O2S. The van der Waals surface area contributed by atoms with E-state index in [0.29, 0.717) is 17.0 Å². The summed E-state index contributed by atoms with van der Waals surface area (Å²) in [4.78, 5) is 30.4. The highest BCUT2D eigenvalue weighted by Crippen LogP contribution is 2.34. The van der Waals surface area contributed by atoms with Crippen molar-refractivity contribution in [1.82, 2.24) is 4.98 Å². The molecule has 2 N–H and O–H groups in total. The molecule has 2 amide bonds. The van der Waals surface area contributed by atoms with Gasteiger partial charge in [-0.3, -0.25) is 14.6 Å². The highest BCUT2D eigenvalue weighted by atomic mass is 32.2. The lowest BCUT2D eigenvalue weighted by Gasteiger charge is -2.18. The molecule has 6 heteroatoms. The molecule has 0 saturated carbocycles. The molecule has 0 saturated heterocycles. The molecule has 1 aromatic heterocycles. The fourth-order valence-corrected chi connectivity index (χ4v) is 4.14. The van der Waals surface area contributed by atoms with Gasteiger partial charge >= 0.3 is 0 Å². The molecule has 1 aliphatic rings. The number of hydrogen-bond donors (Lipinski definition) is 2. The van der Waals surface area contributed by atoms with E-state index in [1.807, 2.05) is 50.2 Å². The van der Waals surface area contributed by atoms with Gasteiger partial charge in [0.1, 0.15) is 0 Å². The Morgan fingerprint density at radius 3 is 2.89 bits per heavy atom. The van der Waals surface area contributed by atoms with Crippen LogP contribution in [-0.4, -0.2) is 22.6 Å². The molecule has 0 spiro atoms. The van der Waals surface area contributed by atoms with Crippen molar-refractivity contribution in [2.45, 2.75) is 25.2 Å². The molecule has 0 radical (unpaired) electrons. The summed E-state index contributed by atoms with van der Waals surface area (Å²) in [5, 5.41) is 6.67. The number of amides is 2. The van der Waals surface area contributed by atoms with Gasteiger partial charge in [-0.25, -0.2) is 0 Å². The minimum absolute atomic E-state index is 0.0282. The summed E-state index contributed by atoms with van der Waals surface area (Å²) in [6, 6.07) is 13.3. The minimum Gasteiger partial charge on any atom is -0.324 e. The third-order valence-electron chi connectivity index (χ3n) is 4.67. The molecule has 3 aromatic rings. The minimum atomic E-state index is -0.171. The number of carbonyl (C=O) groups is 2. The molecule has 27 heavy (non-hydrogen) atoms. The standard InChI is InChI=1S/C21H19N3O2S/c1-3-15-12(2)20(14-6-4-5-7-16(14)23-15)21(26)22-13-8-9-18-17(10-13)24-19(25)11-27-18/h4-10H,3,11H2,1-2H3,(H,22,26)(H,24,25). The number of anilines is 2. The van der Waals surface area contributed by atoms with Crippen molar-refractivity contribution in [3.63, 3.8) is 0 Å². The zero-order valence-corrected chi connectivity index (χ0v) is 15.9. The molecule has 2 aromatic carbocycles. The van der Waals surface area contributed by atoms with Crippen molar-refractivity contribution >= 4 is 45.9 Å². The molecule has 0 unspecified atom stereocenters. The van der Waals surface area contributed by atoms with Crippen LogP contribution in [0.1, 0.15) is 28.5 Å². The second kappa shape index (κ2) is 7.04. The topological polar surface area (TPSA) is 71.1 Å². The van der Waals surface area contributed by atoms with Crippen molar-refractivity contribution in [1.29, 1.82) is 0 Å². The highest BCUT2D eigenvalue weighted by Gasteiger charge is 2.19. The van der Waals surface area contributed by atoms with Gasteiger partial charge in [-0.15, -0.1) is 11.8 Å². The molecule has 0 bridgehead atoms. The number of carbonyl (C=O) groups excluding carboxylic acids is 2. The summed E-state index contributed by atoms with van der Waals surface area (Å²) in [5.74, 6) is 0.218. The first-order chi connectivity index (χ1) is 13.1. The van der Waals surface area contributed by atoms with Gasteiger partial charge in [0.2, 0.25) is 5.91 Å². The molecule has 0 fully saturated rings. The van der Waals surface area contributed by atoms with E-state index in [1.54, 1.807) is 6.07 Å². The van der Waals surface area contributed by atoms with Crippen molar-refractivity contribution in [3.05, 3.63) is 59.3 Å². The van der Waals surface area contributed by atoms with E-state index in [-0.39, 0.29) is 11.8 Å². The summed E-state index contributed by atoms with van der Waals surface area (Å²) < 4.78 is 0. The molecule has 0 aliphatic carbocycles. The summed E-state index contributed by atoms with van der Waals surface area (Å²) in [7, 11) is 0. The lowest BCUT2D eigenvalue weighted by Crippen LogP contribution is -2.19. The van der Waals surface area contributed by atoms with Gasteiger partial charge in [-0.2, -0.15) is 0 Å². The number of benzene rings is 2. The van der Waals surface area contributed by atoms with E-state index >= 15 is 0 Å². The van der Waals surface area contributed by atoms with Gasteiger partial charge in [0.15, 0.2) is 0 Å². The van der Waals surface area contributed by atoms with Crippen LogP contribution in [0.25, 0.3) is 10.9 Å². The van der Waals surface area contributed by atoms with Crippen LogP contribution in [0.3, 0.4) is 0 Å². The predicted molar refractivity (Wildman–Crippen MR) is 110 cm³/mol. The number of thioether (sulfide) groups is 1. The summed E-state index contributed by atoms with van der Waals surface area (Å²) in [6.45, 7) is 3.98. The normalized spacial score (nSPS) is 13.2. The maximum Gasteiger partial charge on any atom is 0.256 e. The first kappa shape index (κ1) is 17.5. The number of para-hydroxylation sites is 1. The molecule has 0 atom stereocenters. The van der Waals surface area contributed by atoms with Crippen LogP contribution in [-0.2, 0) is 11.2 Å². The third kappa shape index (κ3) is 3.28. The maximum absolute atomic E-state index is 13.1. The van der Waals surface area contributed by atoms with Crippen LogP contribution in [0.15, 0.2) is 47.4 Å². The Morgan fingerprint density at radius 2 is 2.07 bits per heavy atom. The number of hydrogen-bond acceptors (Lipinski definition) is 4. The fourth-order valence-electron chi connectivity index (χ4n) is 3.35. The van der Waals surface area contributed by atoms with Crippen LogP contribution >= 0.6 is 11.8 Å². The van der Waals surface area contributed by atoms with E-state index in [0.717, 1.165) is 39.2 Å². The SMILES string of the molecule is CCc1nc2ccccc2c(C(=O)Nc2ccc3c(c2)NC(=O)CS3)c1C. The van der Waals surface area contributed by atoms with Crippen molar-refractivity contribution in [2.75, 3.05) is 16.4 Å². The molecule has 2 heterocycles. The average Bonchev–Trinajstić information content (AvgIpc) is 2.67. The maximum atomic E-state index is 13.1. The van der Waals surface area contributed by atoms with E-state index in [1.165, 1.54) is 11.8 Å². The Hall–Kier alpha value is -2.86. The number of fused-ring (bicyclic) bond motifs is 2. The van der Waals surface area contributed by atoms with Gasteiger partial charge < -0.3 is 10.6 Å². The number of pyridine rings is 1. The Balaban J connectivity index is 1.73. The number of nitrogens with zero attached hydrogens (tertiary/aromatic N) is 1. The van der Waals surface area contributed by atoms with Gasteiger partial charge in [0.05, 0.1) is 22.5 Å². The molecule has 136 valence electrons. The number of nitrogens with one attached hydrogen (secondary N) is 2. The Morgan fingerprint density at radius 1 is 1.26 bits per heavy atom. The van der Waals surface area contributed by atoms with Gasteiger partial charge in [-0.05, 0) is 43.2 Å². The average molecular weight is 377 g/mol. The van der Waals surface area contributed by atoms with E-state index < -0.39 is 0 Å². The van der Waals surface area contributed by atoms with Crippen LogP contribution < -0.4 is 10.6 Å². The molecule has 5 nitrogen and oxygen atoms in total. The van der Waals surface area contributed by atoms with E-state index in [9.17, 15) is 9.59 Å². The summed E-state index contributed by atoms with van der Waals surface area (Å²) >= 11 is 1.50. The van der Waals surface area contributed by atoms with Gasteiger partial charge in [0, 0.05) is 21.7 Å². The largest absolute Gasteiger partial charge is 0.324 e. The number of aryl methyl sites for hydroxylation is 1. The zero-order chi connectivity index (χ0) is 19.0. The Bertz CT molecular complexity index is 1080. The Labute approximate surface area is 161 Å². The van der Waals surface area contributed by atoms with Crippen molar-refractivity contribution in [3.8, 4) is 0 Å². The fraction of sp³-hybridized carbons (Fsp3) is 0.190. The van der Waals surface area contributed by atoms with Crippen LogP contribution in [0.5, 0.6) is 0 Å². The monoisotopic (exact) mass is 377 g/mol. The molecular weight excluding hydrogens is 358 g/mol. The highest BCUT2D eigenvalue weighted by molar-refractivity contribution is 8.00. The smallest absolute Gasteiger partial charge is 0.256 e. The predicted octanol–water partition coefficient (Wildman–Crippen LogP) is 4.40. The number of aromatic nitrogens is 1. The van der Waals surface area contributed by atoms with Crippen LogP contribution in [0.4, 0.5) is 11.4 Å². The molecule has 4 rings (SSSR count). The van der Waals surface area contributed by atoms with Crippen molar-refractivity contribution in [2.24, 2.45) is 0 Å². The lowest BCUT2D eigenvalue weighted by atomic mass is 9.99. The summed E-state index contributed by atoms with van der Waals surface area (Å²) in [5.41, 5.74) is 4.68. The van der Waals surface area contributed by atoms with E-state index in [2.05, 4.69) is 15.6 Å². The first-order valence-corrected chi connectivity index (χ1v) is 9.81. The second-order valence-electron chi connectivity index (χ2n) is 6.43. The van der Waals surface area contributed by atoms with Crippen LogP contribution in [0, 0.1) is 6.92 Å².